The number of amides is 1. The van der Waals surface area contributed by atoms with Crippen molar-refractivity contribution in [1.82, 2.24) is 10.6 Å². The molecule has 2 N–H and O–H groups in total. The van der Waals surface area contributed by atoms with Crippen molar-refractivity contribution >= 4 is 5.91 Å². The molecule has 1 amide bonds. The number of benzene rings is 1. The third-order valence-corrected chi connectivity index (χ3v) is 4.60. The molecule has 1 atom stereocenters. The third-order valence-electron chi connectivity index (χ3n) is 4.60. The SMILES string of the molecule is CC(C)(C)C(Cc1ccccc1)NC(=O)CC1CCNCC1. The lowest BCUT2D eigenvalue weighted by atomic mass is 9.82. The van der Waals surface area contributed by atoms with Crippen LogP contribution in [0.2, 0.25) is 0 Å². The van der Waals surface area contributed by atoms with Crippen molar-refractivity contribution in [2.75, 3.05) is 13.1 Å². The van der Waals surface area contributed by atoms with E-state index in [9.17, 15) is 4.79 Å². The average molecular weight is 302 g/mol. The molecule has 0 spiro atoms. The molecule has 0 aliphatic carbocycles. The topological polar surface area (TPSA) is 41.1 Å². The first-order chi connectivity index (χ1) is 10.4. The first-order valence-electron chi connectivity index (χ1n) is 8.49. The molecule has 2 rings (SSSR count). The van der Waals surface area contributed by atoms with E-state index in [-0.39, 0.29) is 17.4 Å². The number of carbonyl (C=O) groups is 1. The Morgan fingerprint density at radius 3 is 2.45 bits per heavy atom. The Balaban J connectivity index is 1.93. The fourth-order valence-corrected chi connectivity index (χ4v) is 3.02. The number of nitrogens with one attached hydrogen (secondary N) is 2. The van der Waals surface area contributed by atoms with Gasteiger partial charge in [0.2, 0.25) is 5.91 Å². The van der Waals surface area contributed by atoms with Gasteiger partial charge in [-0.2, -0.15) is 0 Å². The van der Waals surface area contributed by atoms with Crippen molar-refractivity contribution in [2.24, 2.45) is 11.3 Å². The van der Waals surface area contributed by atoms with Crippen molar-refractivity contribution < 1.29 is 4.79 Å². The fraction of sp³-hybridized carbons (Fsp3) is 0.632. The van der Waals surface area contributed by atoms with Gasteiger partial charge in [-0.3, -0.25) is 4.79 Å². The maximum Gasteiger partial charge on any atom is 0.220 e. The highest BCUT2D eigenvalue weighted by Crippen LogP contribution is 2.23. The Hall–Kier alpha value is -1.35. The minimum absolute atomic E-state index is 0.0552. The van der Waals surface area contributed by atoms with Gasteiger partial charge in [0.25, 0.3) is 0 Å². The largest absolute Gasteiger partial charge is 0.353 e. The molecule has 1 aromatic rings. The van der Waals surface area contributed by atoms with Gasteiger partial charge in [0.1, 0.15) is 0 Å². The van der Waals surface area contributed by atoms with Crippen LogP contribution in [-0.4, -0.2) is 25.0 Å². The Kier molecular flexibility index (Phi) is 6.01. The summed E-state index contributed by atoms with van der Waals surface area (Å²) in [5.41, 5.74) is 1.34. The molecule has 1 heterocycles. The summed E-state index contributed by atoms with van der Waals surface area (Å²) in [5.74, 6) is 0.751. The number of hydrogen-bond donors (Lipinski definition) is 2. The average Bonchev–Trinajstić information content (AvgIpc) is 2.48. The van der Waals surface area contributed by atoms with E-state index in [4.69, 9.17) is 0 Å². The molecule has 1 fully saturated rings. The summed E-state index contributed by atoms with van der Waals surface area (Å²) in [7, 11) is 0. The summed E-state index contributed by atoms with van der Waals surface area (Å²) in [6, 6.07) is 10.6. The molecule has 122 valence electrons. The lowest BCUT2D eigenvalue weighted by Crippen LogP contribution is -2.46. The van der Waals surface area contributed by atoms with Crippen LogP contribution in [0.5, 0.6) is 0 Å². The molecule has 0 saturated carbocycles. The molecule has 3 heteroatoms. The summed E-state index contributed by atoms with van der Waals surface area (Å²) < 4.78 is 0. The second kappa shape index (κ2) is 7.77. The molecule has 0 bridgehead atoms. The molecule has 1 aliphatic heterocycles. The molecule has 0 aromatic heterocycles. The minimum atomic E-state index is 0.0552. The third kappa shape index (κ3) is 5.45. The van der Waals surface area contributed by atoms with E-state index in [0.717, 1.165) is 32.4 Å². The quantitative estimate of drug-likeness (QED) is 0.877. The molecule has 3 nitrogen and oxygen atoms in total. The maximum atomic E-state index is 12.4. The summed E-state index contributed by atoms with van der Waals surface area (Å²) >= 11 is 0. The van der Waals surface area contributed by atoms with Crippen molar-refractivity contribution in [2.45, 2.75) is 52.5 Å². The Morgan fingerprint density at radius 1 is 1.23 bits per heavy atom. The number of piperidine rings is 1. The lowest BCUT2D eigenvalue weighted by molar-refractivity contribution is -0.123. The zero-order valence-electron chi connectivity index (χ0n) is 14.2. The second-order valence-corrected chi connectivity index (χ2v) is 7.57. The highest BCUT2D eigenvalue weighted by molar-refractivity contribution is 5.76. The Morgan fingerprint density at radius 2 is 1.86 bits per heavy atom. The van der Waals surface area contributed by atoms with E-state index in [1.807, 2.05) is 6.07 Å². The molecule has 0 radical (unpaired) electrons. The van der Waals surface area contributed by atoms with E-state index >= 15 is 0 Å². The van der Waals surface area contributed by atoms with Crippen LogP contribution in [0.25, 0.3) is 0 Å². The normalized spacial score (nSPS) is 18.0. The predicted octanol–water partition coefficient (Wildman–Crippen LogP) is 3.15. The van der Waals surface area contributed by atoms with Crippen molar-refractivity contribution in [3.63, 3.8) is 0 Å². The van der Waals surface area contributed by atoms with Gasteiger partial charge < -0.3 is 10.6 Å². The zero-order valence-corrected chi connectivity index (χ0v) is 14.2. The summed E-state index contributed by atoms with van der Waals surface area (Å²) in [6.45, 7) is 8.69. The van der Waals surface area contributed by atoms with Gasteiger partial charge in [-0.1, -0.05) is 51.1 Å². The fourth-order valence-electron chi connectivity index (χ4n) is 3.02. The van der Waals surface area contributed by atoms with Gasteiger partial charge in [-0.25, -0.2) is 0 Å². The number of rotatable bonds is 5. The number of hydrogen-bond acceptors (Lipinski definition) is 2. The Bertz CT molecular complexity index is 458. The molecular formula is C19H30N2O. The summed E-state index contributed by atoms with van der Waals surface area (Å²) in [5, 5.41) is 6.65. The van der Waals surface area contributed by atoms with Gasteiger partial charge >= 0.3 is 0 Å². The van der Waals surface area contributed by atoms with Gasteiger partial charge in [0, 0.05) is 12.5 Å². The van der Waals surface area contributed by atoms with Crippen LogP contribution in [0, 0.1) is 11.3 Å². The van der Waals surface area contributed by atoms with Gasteiger partial charge in [-0.15, -0.1) is 0 Å². The van der Waals surface area contributed by atoms with Crippen LogP contribution in [0.1, 0.15) is 45.6 Å². The van der Waals surface area contributed by atoms with E-state index < -0.39 is 0 Å². The smallest absolute Gasteiger partial charge is 0.220 e. The predicted molar refractivity (Wildman–Crippen MR) is 91.7 cm³/mol. The van der Waals surface area contributed by atoms with Crippen LogP contribution in [0.3, 0.4) is 0 Å². The van der Waals surface area contributed by atoms with Crippen LogP contribution >= 0.6 is 0 Å². The van der Waals surface area contributed by atoms with E-state index in [2.05, 4.69) is 55.7 Å². The Labute approximate surface area is 134 Å². The maximum absolute atomic E-state index is 12.4. The first kappa shape index (κ1) is 17.0. The van der Waals surface area contributed by atoms with Crippen LogP contribution in [0.15, 0.2) is 30.3 Å². The monoisotopic (exact) mass is 302 g/mol. The van der Waals surface area contributed by atoms with Crippen LogP contribution < -0.4 is 10.6 Å². The van der Waals surface area contributed by atoms with Crippen LogP contribution in [0.4, 0.5) is 0 Å². The highest BCUT2D eigenvalue weighted by atomic mass is 16.1. The lowest BCUT2D eigenvalue weighted by Gasteiger charge is -2.32. The molecule has 1 aliphatic rings. The standard InChI is InChI=1S/C19H30N2O/c1-19(2,3)17(13-15-7-5-4-6-8-15)21-18(22)14-16-9-11-20-12-10-16/h4-8,16-17,20H,9-14H2,1-3H3,(H,21,22). The number of carbonyl (C=O) groups excluding carboxylic acids is 1. The molecule has 1 aromatic carbocycles. The van der Waals surface area contributed by atoms with E-state index in [0.29, 0.717) is 12.3 Å². The zero-order chi connectivity index (χ0) is 16.0. The van der Waals surface area contributed by atoms with Gasteiger partial charge in [-0.05, 0) is 49.2 Å². The van der Waals surface area contributed by atoms with Gasteiger partial charge in [0.05, 0.1) is 0 Å². The van der Waals surface area contributed by atoms with E-state index in [1.54, 1.807) is 0 Å². The summed E-state index contributed by atoms with van der Waals surface area (Å²) in [6.07, 6.45) is 3.80. The molecule has 1 saturated heterocycles. The second-order valence-electron chi connectivity index (χ2n) is 7.57. The summed E-state index contributed by atoms with van der Waals surface area (Å²) in [4.78, 5) is 12.4. The van der Waals surface area contributed by atoms with Crippen molar-refractivity contribution in [3.8, 4) is 0 Å². The highest BCUT2D eigenvalue weighted by Gasteiger charge is 2.27. The minimum Gasteiger partial charge on any atom is -0.353 e. The van der Waals surface area contributed by atoms with Crippen molar-refractivity contribution in [3.05, 3.63) is 35.9 Å². The van der Waals surface area contributed by atoms with Crippen LogP contribution in [-0.2, 0) is 11.2 Å². The first-order valence-corrected chi connectivity index (χ1v) is 8.49. The van der Waals surface area contributed by atoms with Crippen molar-refractivity contribution in [1.29, 1.82) is 0 Å². The van der Waals surface area contributed by atoms with Gasteiger partial charge in [0.15, 0.2) is 0 Å². The molecule has 22 heavy (non-hydrogen) atoms. The molecule has 1 unspecified atom stereocenters. The van der Waals surface area contributed by atoms with E-state index in [1.165, 1.54) is 5.56 Å². The molecular weight excluding hydrogens is 272 g/mol.